The molecule has 1 rings (SSSR count). The summed E-state index contributed by atoms with van der Waals surface area (Å²) in [6.07, 6.45) is 8.37. The Morgan fingerprint density at radius 3 is 2.64 bits per heavy atom. The SMILES string of the molecule is C/C=C\C1=C(/C=C/C)SCN1. The van der Waals surface area contributed by atoms with Crippen molar-refractivity contribution in [2.24, 2.45) is 0 Å². The van der Waals surface area contributed by atoms with Crippen LogP contribution in [0.15, 0.2) is 34.9 Å². The molecule has 1 N–H and O–H groups in total. The molecule has 0 spiro atoms. The van der Waals surface area contributed by atoms with Gasteiger partial charge in [-0.05, 0) is 19.9 Å². The second-order valence-electron chi connectivity index (χ2n) is 2.24. The molecule has 0 amide bonds. The van der Waals surface area contributed by atoms with Crippen molar-refractivity contribution in [3.8, 4) is 0 Å². The fourth-order valence-corrected chi connectivity index (χ4v) is 1.86. The zero-order valence-corrected chi connectivity index (χ0v) is 7.74. The zero-order chi connectivity index (χ0) is 8.10. The molecule has 60 valence electrons. The van der Waals surface area contributed by atoms with E-state index in [-0.39, 0.29) is 0 Å². The maximum absolute atomic E-state index is 3.30. The minimum atomic E-state index is 0.999. The van der Waals surface area contributed by atoms with Gasteiger partial charge in [0.1, 0.15) is 0 Å². The number of thioether (sulfide) groups is 1. The summed E-state index contributed by atoms with van der Waals surface area (Å²) in [5.41, 5.74) is 1.25. The van der Waals surface area contributed by atoms with Crippen LogP contribution in [0.25, 0.3) is 0 Å². The Hall–Kier alpha value is -0.630. The lowest BCUT2D eigenvalue weighted by Crippen LogP contribution is -2.03. The molecule has 0 bridgehead atoms. The topological polar surface area (TPSA) is 12.0 Å². The largest absolute Gasteiger partial charge is 0.375 e. The van der Waals surface area contributed by atoms with E-state index in [1.54, 1.807) is 0 Å². The first-order valence-electron chi connectivity index (χ1n) is 3.75. The standard InChI is InChI=1S/C9H13NS/c1-3-5-8-9(6-4-2)11-7-10-8/h3-6,10H,7H2,1-2H3/b5-3-,6-4+. The fourth-order valence-electron chi connectivity index (χ4n) is 0.953. The van der Waals surface area contributed by atoms with Crippen LogP contribution in [-0.2, 0) is 0 Å². The van der Waals surface area contributed by atoms with E-state index in [9.17, 15) is 0 Å². The summed E-state index contributed by atoms with van der Waals surface area (Å²) in [6, 6.07) is 0. The fraction of sp³-hybridized carbons (Fsp3) is 0.333. The number of nitrogens with one attached hydrogen (secondary N) is 1. The van der Waals surface area contributed by atoms with Gasteiger partial charge in [-0.15, -0.1) is 11.8 Å². The minimum Gasteiger partial charge on any atom is -0.375 e. The van der Waals surface area contributed by atoms with Crippen LogP contribution < -0.4 is 5.32 Å². The van der Waals surface area contributed by atoms with Crippen LogP contribution in [0, 0.1) is 0 Å². The van der Waals surface area contributed by atoms with Gasteiger partial charge in [-0.1, -0.05) is 18.2 Å². The van der Waals surface area contributed by atoms with Gasteiger partial charge in [0.25, 0.3) is 0 Å². The van der Waals surface area contributed by atoms with Gasteiger partial charge < -0.3 is 5.32 Å². The Bertz CT molecular complexity index is 192. The molecule has 0 aromatic rings. The summed E-state index contributed by atoms with van der Waals surface area (Å²) < 4.78 is 0. The van der Waals surface area contributed by atoms with Crippen molar-refractivity contribution < 1.29 is 0 Å². The molecule has 1 aliphatic rings. The Labute approximate surface area is 72.3 Å². The normalized spacial score (nSPS) is 18.7. The molecule has 1 heterocycles. The molecule has 1 aliphatic heterocycles. The van der Waals surface area contributed by atoms with Crippen molar-refractivity contribution in [2.45, 2.75) is 13.8 Å². The molecule has 2 heteroatoms. The summed E-state index contributed by atoms with van der Waals surface area (Å²) in [5.74, 6) is 0.999. The lowest BCUT2D eigenvalue weighted by molar-refractivity contribution is 1.02. The highest BCUT2D eigenvalue weighted by molar-refractivity contribution is 8.03. The summed E-state index contributed by atoms with van der Waals surface area (Å²) in [4.78, 5) is 1.34. The molecule has 0 atom stereocenters. The lowest BCUT2D eigenvalue weighted by Gasteiger charge is -1.94. The van der Waals surface area contributed by atoms with Gasteiger partial charge in [0.15, 0.2) is 0 Å². The van der Waals surface area contributed by atoms with E-state index >= 15 is 0 Å². The summed E-state index contributed by atoms with van der Waals surface area (Å²) in [6.45, 7) is 4.07. The zero-order valence-electron chi connectivity index (χ0n) is 6.92. The van der Waals surface area contributed by atoms with Crippen LogP contribution in [0.4, 0.5) is 0 Å². The molecular weight excluding hydrogens is 154 g/mol. The molecular formula is C9H13NS. The van der Waals surface area contributed by atoms with Crippen LogP contribution in [0.5, 0.6) is 0 Å². The van der Waals surface area contributed by atoms with Crippen LogP contribution in [0.2, 0.25) is 0 Å². The lowest BCUT2D eigenvalue weighted by atomic mass is 10.3. The second-order valence-corrected chi connectivity index (χ2v) is 3.26. The van der Waals surface area contributed by atoms with Crippen LogP contribution in [-0.4, -0.2) is 5.88 Å². The molecule has 11 heavy (non-hydrogen) atoms. The van der Waals surface area contributed by atoms with E-state index in [2.05, 4.69) is 29.6 Å². The quantitative estimate of drug-likeness (QED) is 0.678. The average molecular weight is 167 g/mol. The number of hydrogen-bond acceptors (Lipinski definition) is 2. The summed E-state index contributed by atoms with van der Waals surface area (Å²) >= 11 is 1.85. The van der Waals surface area contributed by atoms with Crippen molar-refractivity contribution in [3.63, 3.8) is 0 Å². The van der Waals surface area contributed by atoms with Gasteiger partial charge in [0.05, 0.1) is 5.88 Å². The van der Waals surface area contributed by atoms with Gasteiger partial charge in [0, 0.05) is 10.6 Å². The van der Waals surface area contributed by atoms with Gasteiger partial charge in [-0.3, -0.25) is 0 Å². The summed E-state index contributed by atoms with van der Waals surface area (Å²) in [7, 11) is 0. The van der Waals surface area contributed by atoms with Crippen molar-refractivity contribution in [2.75, 3.05) is 5.88 Å². The Morgan fingerprint density at radius 1 is 1.27 bits per heavy atom. The third-order valence-electron chi connectivity index (χ3n) is 1.41. The third kappa shape index (κ3) is 2.15. The Morgan fingerprint density at radius 2 is 2.00 bits per heavy atom. The van der Waals surface area contributed by atoms with Crippen molar-refractivity contribution in [1.82, 2.24) is 5.32 Å². The molecule has 0 aromatic heterocycles. The van der Waals surface area contributed by atoms with Crippen LogP contribution in [0.3, 0.4) is 0 Å². The maximum atomic E-state index is 3.30. The highest BCUT2D eigenvalue weighted by atomic mass is 32.2. The highest BCUT2D eigenvalue weighted by Gasteiger charge is 2.07. The number of allylic oxidation sites excluding steroid dienone is 4. The molecule has 0 saturated carbocycles. The predicted molar refractivity (Wildman–Crippen MR) is 52.2 cm³/mol. The molecule has 0 radical (unpaired) electrons. The van der Waals surface area contributed by atoms with E-state index in [1.165, 1.54) is 10.6 Å². The average Bonchev–Trinajstić information content (AvgIpc) is 2.39. The van der Waals surface area contributed by atoms with E-state index in [4.69, 9.17) is 0 Å². The van der Waals surface area contributed by atoms with Gasteiger partial charge in [0.2, 0.25) is 0 Å². The number of rotatable bonds is 2. The molecule has 0 unspecified atom stereocenters. The number of hydrogen-bond donors (Lipinski definition) is 1. The van der Waals surface area contributed by atoms with Gasteiger partial charge >= 0.3 is 0 Å². The van der Waals surface area contributed by atoms with E-state index < -0.39 is 0 Å². The molecule has 0 aliphatic carbocycles. The first kappa shape index (κ1) is 8.47. The van der Waals surface area contributed by atoms with Crippen molar-refractivity contribution >= 4 is 11.8 Å². The van der Waals surface area contributed by atoms with Crippen LogP contribution >= 0.6 is 11.8 Å². The molecule has 0 saturated heterocycles. The monoisotopic (exact) mass is 167 g/mol. The maximum Gasteiger partial charge on any atom is 0.0658 e. The van der Waals surface area contributed by atoms with Crippen LogP contribution in [0.1, 0.15) is 13.8 Å². The first-order chi connectivity index (χ1) is 5.38. The van der Waals surface area contributed by atoms with Crippen molar-refractivity contribution in [3.05, 3.63) is 34.9 Å². The Kier molecular flexibility index (Phi) is 3.30. The van der Waals surface area contributed by atoms with E-state index in [1.807, 2.05) is 25.6 Å². The van der Waals surface area contributed by atoms with Gasteiger partial charge in [-0.2, -0.15) is 0 Å². The van der Waals surface area contributed by atoms with Crippen molar-refractivity contribution in [1.29, 1.82) is 0 Å². The Balaban J connectivity index is 2.77. The highest BCUT2D eigenvalue weighted by Crippen LogP contribution is 2.25. The van der Waals surface area contributed by atoms with E-state index in [0.717, 1.165) is 5.88 Å². The second kappa shape index (κ2) is 4.29. The predicted octanol–water partition coefficient (Wildman–Crippen LogP) is 2.64. The first-order valence-corrected chi connectivity index (χ1v) is 4.73. The molecule has 0 aromatic carbocycles. The minimum absolute atomic E-state index is 0.999. The van der Waals surface area contributed by atoms with E-state index in [0.29, 0.717) is 0 Å². The van der Waals surface area contributed by atoms with Gasteiger partial charge in [-0.25, -0.2) is 0 Å². The molecule has 1 nitrogen and oxygen atoms in total. The molecule has 0 fully saturated rings. The third-order valence-corrected chi connectivity index (χ3v) is 2.36. The smallest absolute Gasteiger partial charge is 0.0658 e. The summed E-state index contributed by atoms with van der Waals surface area (Å²) in [5, 5.41) is 3.30.